The van der Waals surface area contributed by atoms with Crippen LogP contribution in [0.1, 0.15) is 144 Å². The van der Waals surface area contributed by atoms with Gasteiger partial charge in [0, 0.05) is 25.3 Å². The van der Waals surface area contributed by atoms with Crippen molar-refractivity contribution in [2.75, 3.05) is 52.9 Å². The van der Waals surface area contributed by atoms with Gasteiger partial charge >= 0.3 is 21.7 Å². The van der Waals surface area contributed by atoms with Gasteiger partial charge in [0.15, 0.2) is 0 Å². The standard InChI is InChI=1S/2C21H36O5.Ti/c2*1-5-8-11-23-17-21(4,26-22)18-14-19(24-12-9-6-2)16-20(15-18)25-13-10-7-3;/h2*14-16,22H,5-13,17H2,1-4H3;/q;;+2/p-2. The molecular weight excluding hydrogens is 712 g/mol. The van der Waals surface area contributed by atoms with Gasteiger partial charge in [-0.3, -0.25) is 0 Å². The van der Waals surface area contributed by atoms with E-state index in [4.69, 9.17) is 28.4 Å². The molecule has 302 valence electrons. The molecule has 0 fully saturated rings. The van der Waals surface area contributed by atoms with E-state index in [2.05, 4.69) is 51.3 Å². The topological polar surface area (TPSA) is 120 Å². The maximum absolute atomic E-state index is 11.5. The van der Waals surface area contributed by atoms with Crippen LogP contribution in [0, 0.1) is 0 Å². The van der Waals surface area contributed by atoms with Crippen LogP contribution in [-0.4, -0.2) is 52.9 Å². The van der Waals surface area contributed by atoms with E-state index < -0.39 is 11.2 Å². The Kier molecular flexibility index (Phi) is 30.2. The second-order valence-electron chi connectivity index (χ2n) is 13.6. The molecule has 2 aromatic rings. The summed E-state index contributed by atoms with van der Waals surface area (Å²) in [6.07, 6.45) is 12.2. The van der Waals surface area contributed by atoms with Crippen molar-refractivity contribution in [3.8, 4) is 23.0 Å². The van der Waals surface area contributed by atoms with Gasteiger partial charge in [-0.1, -0.05) is 80.1 Å². The van der Waals surface area contributed by atoms with Crippen LogP contribution in [0.2, 0.25) is 0 Å². The minimum Gasteiger partial charge on any atom is -0.723 e. The van der Waals surface area contributed by atoms with Crippen molar-refractivity contribution in [2.24, 2.45) is 0 Å². The molecule has 0 bridgehead atoms. The normalized spacial score (nSPS) is 13.2. The Hall–Kier alpha value is -1.89. The monoisotopic (exact) mass is 782 g/mol. The van der Waals surface area contributed by atoms with E-state index in [-0.39, 0.29) is 34.9 Å². The third-order valence-corrected chi connectivity index (χ3v) is 8.46. The van der Waals surface area contributed by atoms with Gasteiger partial charge in [-0.15, -0.1) is 0 Å². The summed E-state index contributed by atoms with van der Waals surface area (Å²) in [5.74, 6) is 2.78. The zero-order valence-electron chi connectivity index (χ0n) is 34.2. The van der Waals surface area contributed by atoms with E-state index in [9.17, 15) is 10.5 Å². The number of hydrogen-bond donors (Lipinski definition) is 0. The molecule has 2 unspecified atom stereocenters. The van der Waals surface area contributed by atoms with Gasteiger partial charge in [0.1, 0.15) is 34.2 Å². The Morgan fingerprint density at radius 3 is 0.887 bits per heavy atom. The van der Waals surface area contributed by atoms with Crippen molar-refractivity contribution < 1.29 is 70.4 Å². The van der Waals surface area contributed by atoms with E-state index in [1.807, 2.05) is 36.4 Å². The zero-order valence-corrected chi connectivity index (χ0v) is 35.8. The zero-order chi connectivity index (χ0) is 38.5. The summed E-state index contributed by atoms with van der Waals surface area (Å²) < 4.78 is 34.7. The van der Waals surface area contributed by atoms with Crippen LogP contribution in [-0.2, 0) is 52.2 Å². The minimum atomic E-state index is -1.08. The van der Waals surface area contributed by atoms with Crippen LogP contribution in [0.5, 0.6) is 23.0 Å². The first-order valence-corrected chi connectivity index (χ1v) is 19.8. The van der Waals surface area contributed by atoms with Crippen molar-refractivity contribution in [3.63, 3.8) is 0 Å². The van der Waals surface area contributed by atoms with Gasteiger partial charge < -0.3 is 48.7 Å². The second kappa shape index (κ2) is 31.3. The van der Waals surface area contributed by atoms with E-state index in [1.54, 1.807) is 13.8 Å². The molecule has 0 N–H and O–H groups in total. The SMILES string of the molecule is CCCCOCC(C)(O[O-])c1cc(OCCCC)cc(OCCCC)c1.CCCCOCC(C)(O[O-])c1cc(OCCCC)cc(OCCCC)c1.[Ti+2]. The summed E-state index contributed by atoms with van der Waals surface area (Å²) in [6, 6.07) is 11.1. The Morgan fingerprint density at radius 2 is 0.660 bits per heavy atom. The predicted molar refractivity (Wildman–Crippen MR) is 203 cm³/mol. The molecule has 0 heterocycles. The summed E-state index contributed by atoms with van der Waals surface area (Å²) in [4.78, 5) is 9.16. The van der Waals surface area contributed by atoms with E-state index >= 15 is 0 Å². The molecule has 2 aromatic carbocycles. The first-order chi connectivity index (χ1) is 25.2. The minimum absolute atomic E-state index is 0. The summed E-state index contributed by atoms with van der Waals surface area (Å²) in [7, 11) is 0. The quantitative estimate of drug-likeness (QED) is 0.0329. The fourth-order valence-corrected chi connectivity index (χ4v) is 4.76. The van der Waals surface area contributed by atoms with E-state index in [0.717, 1.165) is 77.0 Å². The maximum Gasteiger partial charge on any atom is 2.00 e. The van der Waals surface area contributed by atoms with Crippen LogP contribution in [0.4, 0.5) is 0 Å². The number of rotatable bonds is 30. The number of benzene rings is 2. The maximum atomic E-state index is 11.5. The second-order valence-corrected chi connectivity index (χ2v) is 13.6. The molecule has 0 aliphatic heterocycles. The third kappa shape index (κ3) is 21.1. The molecule has 0 aromatic heterocycles. The van der Waals surface area contributed by atoms with Crippen LogP contribution < -0.4 is 29.5 Å². The van der Waals surface area contributed by atoms with E-state index in [0.29, 0.717) is 73.8 Å². The molecule has 2 rings (SSSR count). The molecular formula is C42H70O10Ti. The number of unbranched alkanes of at least 4 members (excludes halogenated alkanes) is 6. The first-order valence-electron chi connectivity index (χ1n) is 19.8. The molecule has 0 saturated carbocycles. The summed E-state index contributed by atoms with van der Waals surface area (Å²) >= 11 is 0. The molecule has 0 aliphatic rings. The number of ether oxygens (including phenoxy) is 6. The molecule has 11 heteroatoms. The summed E-state index contributed by atoms with van der Waals surface area (Å²) in [5, 5.41) is 23.0. The molecule has 0 saturated heterocycles. The van der Waals surface area contributed by atoms with Crippen LogP contribution in [0.25, 0.3) is 0 Å². The van der Waals surface area contributed by atoms with Gasteiger partial charge in [0.05, 0.1) is 39.6 Å². The van der Waals surface area contributed by atoms with Crippen LogP contribution >= 0.6 is 0 Å². The molecule has 53 heavy (non-hydrogen) atoms. The van der Waals surface area contributed by atoms with Crippen molar-refractivity contribution in [2.45, 2.75) is 144 Å². The van der Waals surface area contributed by atoms with E-state index in [1.165, 1.54) is 0 Å². The fraction of sp³-hybridized carbons (Fsp3) is 0.714. The Balaban J connectivity index is 0.00000100. The van der Waals surface area contributed by atoms with Crippen LogP contribution in [0.15, 0.2) is 36.4 Å². The van der Waals surface area contributed by atoms with Crippen molar-refractivity contribution in [3.05, 3.63) is 47.5 Å². The van der Waals surface area contributed by atoms with Crippen LogP contribution in [0.3, 0.4) is 0 Å². The summed E-state index contributed by atoms with van der Waals surface area (Å²) in [5.41, 5.74) is -0.740. The third-order valence-electron chi connectivity index (χ3n) is 8.46. The molecule has 0 spiro atoms. The molecule has 0 aliphatic carbocycles. The Labute approximate surface area is 336 Å². The first kappa shape index (κ1) is 51.1. The Bertz CT molecular complexity index is 1020. The molecule has 0 amide bonds. The average molecular weight is 783 g/mol. The Morgan fingerprint density at radius 1 is 0.415 bits per heavy atom. The van der Waals surface area contributed by atoms with Gasteiger partial charge in [-0.25, -0.2) is 0 Å². The predicted octanol–water partition coefficient (Wildman–Crippen LogP) is 8.73. The van der Waals surface area contributed by atoms with Gasteiger partial charge in [-0.2, -0.15) is 0 Å². The van der Waals surface area contributed by atoms with Crippen molar-refractivity contribution in [1.82, 2.24) is 0 Å². The number of hydrogen-bond acceptors (Lipinski definition) is 10. The average Bonchev–Trinajstić information content (AvgIpc) is 3.15. The largest absolute Gasteiger partial charge is 2.00 e. The van der Waals surface area contributed by atoms with Gasteiger partial charge in [0.2, 0.25) is 0 Å². The fourth-order valence-electron chi connectivity index (χ4n) is 4.76. The molecule has 2 atom stereocenters. The van der Waals surface area contributed by atoms with Crippen molar-refractivity contribution in [1.29, 1.82) is 0 Å². The molecule has 10 nitrogen and oxygen atoms in total. The summed E-state index contributed by atoms with van der Waals surface area (Å²) in [6.45, 7) is 20.3. The van der Waals surface area contributed by atoms with Crippen molar-refractivity contribution >= 4 is 0 Å². The molecule has 0 radical (unpaired) electrons. The smallest absolute Gasteiger partial charge is 0.723 e. The van der Waals surface area contributed by atoms with Gasteiger partial charge in [0.25, 0.3) is 0 Å². The van der Waals surface area contributed by atoms with Gasteiger partial charge in [-0.05, 0) is 87.8 Å².